The van der Waals surface area contributed by atoms with Crippen molar-refractivity contribution < 1.29 is 19.4 Å². The second-order valence-electron chi connectivity index (χ2n) is 12.3. The van der Waals surface area contributed by atoms with E-state index in [-0.39, 0.29) is 36.4 Å². The predicted octanol–water partition coefficient (Wildman–Crippen LogP) is 5.90. The molecule has 2 amide bonds. The first kappa shape index (κ1) is 35.2. The first-order chi connectivity index (χ1) is 21.1. The highest BCUT2D eigenvalue weighted by molar-refractivity contribution is 5.88. The number of nitrogens with zero attached hydrogens (tertiary/aromatic N) is 1. The van der Waals surface area contributed by atoms with Crippen molar-refractivity contribution in [2.75, 3.05) is 20.2 Å². The number of aryl methyl sites for hydroxylation is 2. The number of hydrogen-bond acceptors (Lipinski definition) is 5. The molecule has 0 heterocycles. The third-order valence-corrected chi connectivity index (χ3v) is 8.71. The molecule has 240 valence electrons. The number of carbonyl (C=O) groups is 2. The minimum Gasteiger partial charge on any atom is -0.390 e. The van der Waals surface area contributed by atoms with E-state index in [2.05, 4.69) is 56.7 Å². The standard InChI is InChI=1S/C37H53N3O4/c1-8-11-16-26(5)37(43)40(7)32(15-9-2)36(42)39-31(22-28-17-13-12-14-18-28)33(41)24-38-30-23-34(44-19-10-3)35-27(6)20-25(4)21-29(30)35/h9-10,12-14,17-18,20-21,26,30-34,38,41H,2-3,8,11,15-16,19,22-24H2,1,4-7H3,(H,39,42)/t26-,30-,31-,32-,33-,34+/m0/s1. The molecule has 7 nitrogen and oxygen atoms in total. The van der Waals surface area contributed by atoms with Gasteiger partial charge in [-0.2, -0.15) is 0 Å². The Morgan fingerprint density at radius 2 is 1.89 bits per heavy atom. The highest BCUT2D eigenvalue weighted by Crippen LogP contribution is 2.43. The smallest absolute Gasteiger partial charge is 0.243 e. The molecule has 1 aliphatic carbocycles. The monoisotopic (exact) mass is 603 g/mol. The Morgan fingerprint density at radius 1 is 1.16 bits per heavy atom. The van der Waals surface area contributed by atoms with Crippen LogP contribution in [0.25, 0.3) is 0 Å². The van der Waals surface area contributed by atoms with Crippen molar-refractivity contribution in [3.8, 4) is 0 Å². The van der Waals surface area contributed by atoms with E-state index in [1.54, 1.807) is 24.1 Å². The maximum atomic E-state index is 13.8. The van der Waals surface area contributed by atoms with Crippen molar-refractivity contribution in [3.63, 3.8) is 0 Å². The molecule has 3 rings (SSSR count). The van der Waals surface area contributed by atoms with Gasteiger partial charge in [0.15, 0.2) is 0 Å². The second kappa shape index (κ2) is 17.3. The Hall–Kier alpha value is -3.26. The number of unbranched alkanes of at least 4 members (excludes halogenated alkanes) is 1. The Balaban J connectivity index is 1.78. The molecule has 0 aromatic heterocycles. The van der Waals surface area contributed by atoms with E-state index in [0.717, 1.165) is 31.2 Å². The number of likely N-dealkylation sites (N-methyl/N-ethyl adjacent to an activating group) is 1. The van der Waals surface area contributed by atoms with Crippen LogP contribution in [0.2, 0.25) is 0 Å². The zero-order valence-electron chi connectivity index (χ0n) is 27.4. The van der Waals surface area contributed by atoms with E-state index in [4.69, 9.17) is 4.74 Å². The van der Waals surface area contributed by atoms with Gasteiger partial charge < -0.3 is 25.4 Å². The summed E-state index contributed by atoms with van der Waals surface area (Å²) in [6, 6.07) is 12.9. The number of benzene rings is 2. The zero-order valence-corrected chi connectivity index (χ0v) is 27.4. The lowest BCUT2D eigenvalue weighted by Gasteiger charge is -2.32. The fourth-order valence-corrected chi connectivity index (χ4v) is 6.30. The summed E-state index contributed by atoms with van der Waals surface area (Å²) in [4.78, 5) is 28.5. The van der Waals surface area contributed by atoms with Crippen LogP contribution in [0, 0.1) is 19.8 Å². The molecule has 0 fully saturated rings. The van der Waals surface area contributed by atoms with E-state index >= 15 is 0 Å². The van der Waals surface area contributed by atoms with Crippen molar-refractivity contribution >= 4 is 11.8 Å². The molecule has 2 aromatic carbocycles. The molecule has 0 saturated carbocycles. The third-order valence-electron chi connectivity index (χ3n) is 8.71. The van der Waals surface area contributed by atoms with Crippen LogP contribution in [0.5, 0.6) is 0 Å². The average molecular weight is 604 g/mol. The topological polar surface area (TPSA) is 90.9 Å². The molecule has 1 aliphatic rings. The largest absolute Gasteiger partial charge is 0.390 e. The number of nitrogens with one attached hydrogen (secondary N) is 2. The lowest BCUT2D eigenvalue weighted by molar-refractivity contribution is -0.142. The molecule has 0 saturated heterocycles. The Kier molecular flexibility index (Phi) is 13.8. The van der Waals surface area contributed by atoms with Crippen LogP contribution in [0.4, 0.5) is 0 Å². The number of rotatable bonds is 18. The molecule has 3 N–H and O–H groups in total. The van der Waals surface area contributed by atoms with Gasteiger partial charge in [-0.05, 0) is 61.8 Å². The molecular weight excluding hydrogens is 550 g/mol. The van der Waals surface area contributed by atoms with Gasteiger partial charge in [0, 0.05) is 25.6 Å². The first-order valence-electron chi connectivity index (χ1n) is 16.1. The van der Waals surface area contributed by atoms with Gasteiger partial charge in [0.1, 0.15) is 6.04 Å². The maximum absolute atomic E-state index is 13.8. The van der Waals surface area contributed by atoms with Crippen molar-refractivity contribution in [1.29, 1.82) is 0 Å². The van der Waals surface area contributed by atoms with Gasteiger partial charge in [-0.15, -0.1) is 13.2 Å². The van der Waals surface area contributed by atoms with Crippen molar-refractivity contribution in [1.82, 2.24) is 15.5 Å². The molecule has 0 aliphatic heterocycles. The summed E-state index contributed by atoms with van der Waals surface area (Å²) in [5.74, 6) is -0.518. The van der Waals surface area contributed by atoms with E-state index in [9.17, 15) is 14.7 Å². The maximum Gasteiger partial charge on any atom is 0.243 e. The van der Waals surface area contributed by atoms with Gasteiger partial charge in [-0.25, -0.2) is 0 Å². The lowest BCUT2D eigenvalue weighted by atomic mass is 9.98. The molecular formula is C37H53N3O4. The average Bonchev–Trinajstić information content (AvgIpc) is 3.36. The van der Waals surface area contributed by atoms with Crippen LogP contribution in [0.15, 0.2) is 67.8 Å². The van der Waals surface area contributed by atoms with Crippen molar-refractivity contribution in [3.05, 3.63) is 95.6 Å². The molecule has 6 atom stereocenters. The number of ether oxygens (including phenoxy) is 1. The number of amides is 2. The minimum absolute atomic E-state index is 0.00280. The normalized spacial score (nSPS) is 18.5. The van der Waals surface area contributed by atoms with Crippen LogP contribution in [-0.2, 0) is 20.7 Å². The summed E-state index contributed by atoms with van der Waals surface area (Å²) in [5, 5.41) is 18.3. The van der Waals surface area contributed by atoms with E-state index < -0.39 is 18.2 Å². The number of hydrogen-bond donors (Lipinski definition) is 3. The molecule has 7 heteroatoms. The molecule has 0 bridgehead atoms. The van der Waals surface area contributed by atoms with Crippen LogP contribution in [-0.4, -0.2) is 60.2 Å². The van der Waals surface area contributed by atoms with Gasteiger partial charge in [-0.1, -0.05) is 86.9 Å². The zero-order chi connectivity index (χ0) is 32.2. The number of aliphatic hydroxyl groups excluding tert-OH is 1. The van der Waals surface area contributed by atoms with Crippen molar-refractivity contribution in [2.45, 2.75) is 96.6 Å². The highest BCUT2D eigenvalue weighted by atomic mass is 16.5. The fourth-order valence-electron chi connectivity index (χ4n) is 6.30. The number of fused-ring (bicyclic) bond motifs is 1. The molecule has 0 radical (unpaired) electrons. The summed E-state index contributed by atoms with van der Waals surface area (Å²) in [6.45, 7) is 16.6. The highest BCUT2D eigenvalue weighted by Gasteiger charge is 2.35. The van der Waals surface area contributed by atoms with Gasteiger partial charge in [-0.3, -0.25) is 9.59 Å². The molecule has 0 spiro atoms. The molecule has 44 heavy (non-hydrogen) atoms. The van der Waals surface area contributed by atoms with Gasteiger partial charge in [0.25, 0.3) is 0 Å². The summed E-state index contributed by atoms with van der Waals surface area (Å²) >= 11 is 0. The lowest BCUT2D eigenvalue weighted by Crippen LogP contribution is -2.55. The Morgan fingerprint density at radius 3 is 2.55 bits per heavy atom. The fraction of sp³-hybridized carbons (Fsp3) is 0.514. The Bertz CT molecular complexity index is 1250. The second-order valence-corrected chi connectivity index (χ2v) is 12.3. The summed E-state index contributed by atoms with van der Waals surface area (Å²) < 4.78 is 6.13. The van der Waals surface area contributed by atoms with Gasteiger partial charge >= 0.3 is 0 Å². The first-order valence-corrected chi connectivity index (χ1v) is 16.1. The van der Waals surface area contributed by atoms with Crippen LogP contribution in [0.1, 0.15) is 85.9 Å². The van der Waals surface area contributed by atoms with Crippen LogP contribution in [0.3, 0.4) is 0 Å². The van der Waals surface area contributed by atoms with Crippen LogP contribution >= 0.6 is 0 Å². The van der Waals surface area contributed by atoms with Gasteiger partial charge in [0.05, 0.1) is 24.9 Å². The van der Waals surface area contributed by atoms with E-state index in [0.29, 0.717) is 19.4 Å². The number of aliphatic hydroxyl groups is 1. The summed E-state index contributed by atoms with van der Waals surface area (Å²) in [5.41, 5.74) is 5.78. The predicted molar refractivity (Wildman–Crippen MR) is 178 cm³/mol. The summed E-state index contributed by atoms with van der Waals surface area (Å²) in [7, 11) is 1.69. The third kappa shape index (κ3) is 9.37. The quantitative estimate of drug-likeness (QED) is 0.185. The Labute approximate surface area is 264 Å². The van der Waals surface area contributed by atoms with Crippen molar-refractivity contribution in [2.24, 2.45) is 5.92 Å². The summed E-state index contributed by atoms with van der Waals surface area (Å²) in [6.07, 6.45) is 6.79. The minimum atomic E-state index is -0.879. The SMILES string of the molecule is C=CCO[C@@H]1C[C@H](NC[C@H](O)[C@H](Cc2ccccc2)NC(=O)[C@H](CC=C)N(C)C(=O)[C@@H](C)CCCC)c2cc(C)cc(C)c21. The van der Waals surface area contributed by atoms with E-state index in [1.165, 1.54) is 22.3 Å². The van der Waals surface area contributed by atoms with Gasteiger partial charge in [0.2, 0.25) is 11.8 Å². The molecule has 0 unspecified atom stereocenters. The number of carbonyl (C=O) groups excluding carboxylic acids is 2. The van der Waals surface area contributed by atoms with E-state index in [1.807, 2.05) is 37.3 Å². The molecule has 2 aromatic rings. The van der Waals surface area contributed by atoms with Crippen LogP contribution < -0.4 is 10.6 Å².